The Hall–Kier alpha value is -4.27. The van der Waals surface area contributed by atoms with Gasteiger partial charge in [0.2, 0.25) is 0 Å². The maximum atomic E-state index is 14.0. The summed E-state index contributed by atoms with van der Waals surface area (Å²) in [6.07, 6.45) is 1.85. The molecule has 0 fully saturated rings. The number of aromatic nitrogens is 2. The van der Waals surface area contributed by atoms with E-state index in [4.69, 9.17) is 14.3 Å². The van der Waals surface area contributed by atoms with Crippen LogP contribution < -0.4 is 4.74 Å². The van der Waals surface area contributed by atoms with Crippen LogP contribution in [-0.4, -0.2) is 33.0 Å². The van der Waals surface area contributed by atoms with Crippen molar-refractivity contribution in [2.75, 3.05) is 6.61 Å². The maximum absolute atomic E-state index is 14.0. The van der Waals surface area contributed by atoms with Gasteiger partial charge in [-0.15, -0.1) is 0 Å². The monoisotopic (exact) mass is 526 g/mol. The summed E-state index contributed by atoms with van der Waals surface area (Å²) in [6, 6.07) is 11.4. The van der Waals surface area contributed by atoms with E-state index in [1.54, 1.807) is 55.6 Å². The lowest BCUT2D eigenvalue weighted by molar-refractivity contribution is -0.191. The first-order valence-corrected chi connectivity index (χ1v) is 11.5. The molecule has 0 saturated heterocycles. The number of aliphatic hydroxyl groups excluding tert-OH is 1. The molecule has 1 unspecified atom stereocenters. The molecule has 2 aromatic carbocycles. The maximum Gasteiger partial charge on any atom is 0.373 e. The summed E-state index contributed by atoms with van der Waals surface area (Å²) < 4.78 is 49.0. The SMILES string of the molecule is Cc1cc(C(C)(CO)CC(=O)c2c(C)nc3c(OCc4c(F)cccc4F)cccn23)ccc1F.O=C=O. The summed E-state index contributed by atoms with van der Waals surface area (Å²) in [7, 11) is 0. The lowest BCUT2D eigenvalue weighted by Crippen LogP contribution is -2.30. The molecule has 1 atom stereocenters. The van der Waals surface area contributed by atoms with Gasteiger partial charge >= 0.3 is 6.15 Å². The van der Waals surface area contributed by atoms with Crippen LogP contribution in [0.2, 0.25) is 0 Å². The van der Waals surface area contributed by atoms with Crippen LogP contribution in [0.15, 0.2) is 54.7 Å². The normalized spacial score (nSPS) is 12.3. The molecule has 0 aliphatic rings. The van der Waals surface area contributed by atoms with Crippen molar-refractivity contribution < 1.29 is 37.4 Å². The van der Waals surface area contributed by atoms with Crippen LogP contribution >= 0.6 is 0 Å². The van der Waals surface area contributed by atoms with Crippen LogP contribution in [0.1, 0.15) is 46.2 Å². The second-order valence-electron chi connectivity index (χ2n) is 8.97. The van der Waals surface area contributed by atoms with Crippen molar-refractivity contribution in [1.29, 1.82) is 0 Å². The van der Waals surface area contributed by atoms with Gasteiger partial charge < -0.3 is 9.84 Å². The highest BCUT2D eigenvalue weighted by Crippen LogP contribution is 2.32. The first-order chi connectivity index (χ1) is 18.1. The number of rotatable bonds is 8. The number of ether oxygens (including phenoxy) is 1. The molecule has 38 heavy (non-hydrogen) atoms. The number of imidazole rings is 1. The molecule has 7 nitrogen and oxygen atoms in total. The van der Waals surface area contributed by atoms with Crippen LogP contribution in [0.4, 0.5) is 13.2 Å². The number of halogens is 3. The number of hydrogen-bond acceptors (Lipinski definition) is 6. The largest absolute Gasteiger partial charge is 0.485 e. The second kappa shape index (κ2) is 11.9. The van der Waals surface area contributed by atoms with E-state index < -0.39 is 17.0 Å². The molecule has 4 rings (SSSR count). The van der Waals surface area contributed by atoms with Crippen molar-refractivity contribution in [2.24, 2.45) is 0 Å². The lowest BCUT2D eigenvalue weighted by atomic mass is 9.78. The van der Waals surface area contributed by atoms with Gasteiger partial charge in [-0.25, -0.2) is 18.2 Å². The van der Waals surface area contributed by atoms with E-state index in [0.29, 0.717) is 28.2 Å². The second-order valence-corrected chi connectivity index (χ2v) is 8.97. The van der Waals surface area contributed by atoms with Gasteiger partial charge in [0.05, 0.1) is 17.9 Å². The van der Waals surface area contributed by atoms with Gasteiger partial charge in [-0.2, -0.15) is 9.59 Å². The Morgan fingerprint density at radius 2 is 1.71 bits per heavy atom. The van der Waals surface area contributed by atoms with Crippen LogP contribution in [0.25, 0.3) is 5.65 Å². The van der Waals surface area contributed by atoms with Crippen molar-refractivity contribution in [3.8, 4) is 5.75 Å². The van der Waals surface area contributed by atoms with Crippen LogP contribution in [0.5, 0.6) is 5.75 Å². The van der Waals surface area contributed by atoms with Crippen LogP contribution in [0, 0.1) is 31.3 Å². The molecule has 0 aliphatic carbocycles. The molecule has 2 aromatic heterocycles. The van der Waals surface area contributed by atoms with Crippen LogP contribution in [0.3, 0.4) is 0 Å². The summed E-state index contributed by atoms with van der Waals surface area (Å²) in [4.78, 5) is 34.1. The van der Waals surface area contributed by atoms with Crippen molar-refractivity contribution in [2.45, 2.75) is 39.2 Å². The van der Waals surface area contributed by atoms with Gasteiger partial charge in [0, 0.05) is 18.0 Å². The minimum atomic E-state index is -0.942. The molecule has 0 bridgehead atoms. The van der Waals surface area contributed by atoms with E-state index >= 15 is 0 Å². The Morgan fingerprint density at radius 1 is 1.05 bits per heavy atom. The molecule has 0 amide bonds. The quantitative estimate of drug-likeness (QED) is 0.329. The van der Waals surface area contributed by atoms with Crippen molar-refractivity contribution in [3.05, 3.63) is 100 Å². The third kappa shape index (κ3) is 5.82. The number of nitrogens with zero attached hydrogens (tertiary/aromatic N) is 2. The number of carbonyl (C=O) groups excluding carboxylic acids is 3. The highest BCUT2D eigenvalue weighted by atomic mass is 19.1. The molecule has 1 N–H and O–H groups in total. The Balaban J connectivity index is 0.00000127. The predicted octanol–water partition coefficient (Wildman–Crippen LogP) is 4.89. The molecule has 198 valence electrons. The molecule has 0 spiro atoms. The molecule has 2 heterocycles. The molecular formula is C28H25F3N2O5. The predicted molar refractivity (Wildman–Crippen MR) is 130 cm³/mol. The topological polar surface area (TPSA) is 98.0 Å². The van der Waals surface area contributed by atoms with Gasteiger partial charge in [0.15, 0.2) is 17.2 Å². The third-order valence-electron chi connectivity index (χ3n) is 6.24. The summed E-state index contributed by atoms with van der Waals surface area (Å²) >= 11 is 0. The smallest absolute Gasteiger partial charge is 0.373 e. The summed E-state index contributed by atoms with van der Waals surface area (Å²) in [5.74, 6) is -1.80. The number of aryl methyl sites for hydroxylation is 2. The minimum absolute atomic E-state index is 0.0469. The summed E-state index contributed by atoms with van der Waals surface area (Å²) in [5.41, 5.74) is 1.00. The zero-order valence-electron chi connectivity index (χ0n) is 20.9. The Labute approximate surface area is 216 Å². The highest BCUT2D eigenvalue weighted by molar-refractivity contribution is 5.97. The van der Waals surface area contributed by atoms with Crippen molar-refractivity contribution >= 4 is 17.6 Å². The number of benzene rings is 2. The molecule has 4 aromatic rings. The number of ketones is 1. The number of fused-ring (bicyclic) bond motifs is 1. The highest BCUT2D eigenvalue weighted by Gasteiger charge is 2.32. The fourth-order valence-electron chi connectivity index (χ4n) is 4.13. The van der Waals surface area contributed by atoms with E-state index in [1.165, 1.54) is 12.1 Å². The van der Waals surface area contributed by atoms with Gasteiger partial charge in [0.25, 0.3) is 0 Å². The fraction of sp³-hybridized carbons (Fsp3) is 0.250. The van der Waals surface area contributed by atoms with Gasteiger partial charge in [-0.05, 0) is 55.3 Å². The van der Waals surface area contributed by atoms with E-state index in [-0.39, 0.29) is 48.7 Å². The van der Waals surface area contributed by atoms with E-state index in [1.807, 2.05) is 0 Å². The minimum Gasteiger partial charge on any atom is -0.485 e. The van der Waals surface area contributed by atoms with E-state index in [2.05, 4.69) is 4.98 Å². The van der Waals surface area contributed by atoms with E-state index in [9.17, 15) is 23.1 Å². The first kappa shape index (κ1) is 28.3. The summed E-state index contributed by atoms with van der Waals surface area (Å²) in [6.45, 7) is 4.39. The van der Waals surface area contributed by atoms with Crippen molar-refractivity contribution in [1.82, 2.24) is 9.38 Å². The van der Waals surface area contributed by atoms with Gasteiger partial charge in [0.1, 0.15) is 29.8 Å². The average Bonchev–Trinajstić information content (AvgIpc) is 3.22. The lowest BCUT2D eigenvalue weighted by Gasteiger charge is -2.27. The zero-order valence-corrected chi connectivity index (χ0v) is 20.9. The number of Topliss-reactive ketones (excluding diaryl/α,β-unsaturated/α-hetero) is 1. The zero-order chi connectivity index (χ0) is 28.0. The van der Waals surface area contributed by atoms with E-state index in [0.717, 1.165) is 12.1 Å². The molecular weight excluding hydrogens is 501 g/mol. The number of carbonyl (C=O) groups is 1. The average molecular weight is 527 g/mol. The number of aliphatic hydroxyl groups is 1. The summed E-state index contributed by atoms with van der Waals surface area (Å²) in [5, 5.41) is 10.1. The molecule has 0 saturated carbocycles. The third-order valence-corrected chi connectivity index (χ3v) is 6.24. The first-order valence-electron chi connectivity index (χ1n) is 11.5. The van der Waals surface area contributed by atoms with Crippen molar-refractivity contribution in [3.63, 3.8) is 0 Å². The van der Waals surface area contributed by atoms with Gasteiger partial charge in [-0.1, -0.05) is 25.1 Å². The number of hydrogen-bond donors (Lipinski definition) is 1. The Bertz CT molecular complexity index is 1490. The fourth-order valence-corrected chi connectivity index (χ4v) is 4.13. The molecule has 0 radical (unpaired) electrons. The standard InChI is InChI=1S/C27H25F3N2O3.CO2/c1-16-12-18(9-10-20(16)28)27(3,15-33)13-23(34)25-17(2)31-26-24(8-5-11-32(25)26)35-14-19-21(29)6-4-7-22(19)30;2-1-3/h4-12,33H,13-15H2,1-3H3;. The molecule has 0 aliphatic heterocycles. The Morgan fingerprint density at radius 3 is 2.32 bits per heavy atom. The Kier molecular flexibility index (Phi) is 8.83. The van der Waals surface area contributed by atoms with Crippen LogP contribution in [-0.2, 0) is 21.6 Å². The molecule has 10 heteroatoms. The number of pyridine rings is 1. The van der Waals surface area contributed by atoms with Gasteiger partial charge in [-0.3, -0.25) is 9.20 Å².